The Bertz CT molecular complexity index is 928. The van der Waals surface area contributed by atoms with Crippen LogP contribution in [-0.4, -0.2) is 47.8 Å². The number of methoxy groups -OCH3 is 2. The van der Waals surface area contributed by atoms with E-state index in [-0.39, 0.29) is 18.3 Å². The molecule has 1 aliphatic heterocycles. The summed E-state index contributed by atoms with van der Waals surface area (Å²) in [6.45, 7) is 1.72. The average Bonchev–Trinajstić information content (AvgIpc) is 2.71. The molecule has 1 atom stereocenters. The molecular formula is C18H23N6O4+. The third kappa shape index (κ3) is 3.68. The largest absolute Gasteiger partial charge is 0.480 e. The van der Waals surface area contributed by atoms with Gasteiger partial charge >= 0.3 is 6.01 Å². The zero-order valence-corrected chi connectivity index (χ0v) is 15.8. The Labute approximate surface area is 161 Å². The summed E-state index contributed by atoms with van der Waals surface area (Å²) in [5.74, 6) is -0.0345. The van der Waals surface area contributed by atoms with E-state index in [1.54, 1.807) is 18.5 Å². The van der Waals surface area contributed by atoms with Gasteiger partial charge < -0.3 is 25.6 Å². The smallest absolute Gasteiger partial charge is 0.319 e. The van der Waals surface area contributed by atoms with Crippen molar-refractivity contribution in [1.29, 1.82) is 0 Å². The first-order chi connectivity index (χ1) is 13.5. The number of ether oxygens (including phenoxy) is 2. The summed E-state index contributed by atoms with van der Waals surface area (Å²) in [7, 11) is 2.99. The number of aliphatic hydroxyl groups excluding tert-OH is 1. The monoisotopic (exact) mass is 387 g/mol. The Hall–Kier alpha value is -3.37. The van der Waals surface area contributed by atoms with Crippen LogP contribution in [0.25, 0.3) is 16.8 Å². The molecule has 0 spiro atoms. The van der Waals surface area contributed by atoms with E-state index >= 15 is 0 Å². The van der Waals surface area contributed by atoms with Crippen molar-refractivity contribution in [2.45, 2.75) is 13.0 Å². The number of benzene rings is 1. The molecule has 0 saturated carbocycles. The fraction of sp³-hybridized carbons (Fsp3) is 0.278. The van der Waals surface area contributed by atoms with Crippen molar-refractivity contribution in [3.8, 4) is 23.0 Å². The molecule has 3 rings (SSSR count). The molecule has 0 fully saturated rings. The number of amides is 1. The zero-order valence-electron chi connectivity index (χ0n) is 15.8. The van der Waals surface area contributed by atoms with Gasteiger partial charge in [-0.1, -0.05) is 6.07 Å². The number of hydrogen-bond donors (Lipinski definition) is 5. The summed E-state index contributed by atoms with van der Waals surface area (Å²) in [5, 5.41) is 12.0. The van der Waals surface area contributed by atoms with Gasteiger partial charge in [-0.3, -0.25) is 4.79 Å². The molecule has 1 aromatic carbocycles. The highest BCUT2D eigenvalue weighted by Crippen LogP contribution is 2.36. The van der Waals surface area contributed by atoms with E-state index in [2.05, 4.69) is 20.7 Å². The molecule has 2 aromatic rings. The molecule has 7 N–H and O–H groups in total. The second-order valence-corrected chi connectivity index (χ2v) is 6.18. The lowest BCUT2D eigenvalue weighted by atomic mass is 9.98. The van der Waals surface area contributed by atoms with Gasteiger partial charge in [0.15, 0.2) is 11.4 Å². The van der Waals surface area contributed by atoms with E-state index in [1.165, 1.54) is 14.2 Å². The van der Waals surface area contributed by atoms with Crippen LogP contribution in [0.3, 0.4) is 0 Å². The Morgan fingerprint density at radius 2 is 2.07 bits per heavy atom. The highest BCUT2D eigenvalue weighted by Gasteiger charge is 2.28. The predicted octanol–water partition coefficient (Wildman–Crippen LogP) is -1.00. The third-order valence-corrected chi connectivity index (χ3v) is 4.21. The van der Waals surface area contributed by atoms with Crippen molar-refractivity contribution >= 4 is 17.3 Å². The standard InChI is InChI=1S/C18H22N6O4/c1-9(25)7-20-16(26)15-13(19)11-6-4-5-10(14(11)23-24-15)12-8-21-18(28-3)22-17(12)27-2/h4-6,8-9,23-25H,7,19H2,1-3H3,(H,20,26)/p+1. The number of nitrogens with two attached hydrogens (primary N) is 2. The van der Waals surface area contributed by atoms with Gasteiger partial charge in [0.05, 0.1) is 42.7 Å². The molecule has 1 aliphatic rings. The molecule has 1 amide bonds. The number of aromatic nitrogens is 2. The van der Waals surface area contributed by atoms with E-state index in [1.807, 2.05) is 18.2 Å². The van der Waals surface area contributed by atoms with Crippen LogP contribution in [0.2, 0.25) is 0 Å². The average molecular weight is 387 g/mol. The number of nitrogens with one attached hydrogen (secondary N) is 2. The number of quaternary nitrogens is 1. The molecule has 0 bridgehead atoms. The maximum atomic E-state index is 12.4. The van der Waals surface area contributed by atoms with Gasteiger partial charge in [0.2, 0.25) is 5.88 Å². The van der Waals surface area contributed by atoms with Gasteiger partial charge in [-0.25, -0.2) is 15.8 Å². The van der Waals surface area contributed by atoms with Crippen LogP contribution in [0.1, 0.15) is 12.5 Å². The number of fused-ring (bicyclic) bond motifs is 1. The maximum Gasteiger partial charge on any atom is 0.319 e. The van der Waals surface area contributed by atoms with Gasteiger partial charge in [-0.2, -0.15) is 4.98 Å². The summed E-state index contributed by atoms with van der Waals surface area (Å²) in [6, 6.07) is 5.74. The first kappa shape index (κ1) is 19.4. The van der Waals surface area contributed by atoms with Crippen molar-refractivity contribution in [1.82, 2.24) is 20.7 Å². The number of hydrogen-bond acceptors (Lipinski definition) is 8. The molecule has 0 saturated heterocycles. The SMILES string of the molecule is COc1ncc(-c2cccc3c2[NH2+]NC(C(=O)NCC(C)O)=C3N)c(OC)n1. The molecule has 0 radical (unpaired) electrons. The number of para-hydroxylation sites is 1. The van der Waals surface area contributed by atoms with E-state index in [0.29, 0.717) is 22.7 Å². The van der Waals surface area contributed by atoms with Crippen LogP contribution >= 0.6 is 0 Å². The number of carbonyl (C=O) groups excluding carboxylic acids is 1. The number of rotatable bonds is 6. The molecule has 2 heterocycles. The van der Waals surface area contributed by atoms with Gasteiger partial charge in [0.1, 0.15) is 0 Å². The fourth-order valence-electron chi connectivity index (χ4n) is 2.85. The minimum Gasteiger partial charge on any atom is -0.480 e. The lowest BCUT2D eigenvalue weighted by Gasteiger charge is -2.22. The molecule has 0 aliphatic carbocycles. The first-order valence-corrected chi connectivity index (χ1v) is 8.60. The lowest BCUT2D eigenvalue weighted by molar-refractivity contribution is -0.625. The van der Waals surface area contributed by atoms with Crippen molar-refractivity contribution in [2.75, 3.05) is 20.8 Å². The second-order valence-electron chi connectivity index (χ2n) is 6.18. The third-order valence-electron chi connectivity index (χ3n) is 4.21. The molecular weight excluding hydrogens is 364 g/mol. The first-order valence-electron chi connectivity index (χ1n) is 8.60. The molecule has 10 nitrogen and oxygen atoms in total. The van der Waals surface area contributed by atoms with Crippen molar-refractivity contribution < 1.29 is 24.8 Å². The van der Waals surface area contributed by atoms with Gasteiger partial charge in [-0.15, -0.1) is 0 Å². The van der Waals surface area contributed by atoms with Crippen molar-refractivity contribution in [2.24, 2.45) is 5.73 Å². The van der Waals surface area contributed by atoms with Gasteiger partial charge in [-0.05, 0) is 19.1 Å². The minimum atomic E-state index is -0.653. The number of aliphatic hydroxyl groups is 1. The topological polar surface area (TPSA) is 148 Å². The highest BCUT2D eigenvalue weighted by molar-refractivity contribution is 6.02. The lowest BCUT2D eigenvalue weighted by Crippen LogP contribution is -2.89. The second kappa shape index (κ2) is 8.11. The Balaban J connectivity index is 2.02. The van der Waals surface area contributed by atoms with E-state index in [4.69, 9.17) is 15.2 Å². The van der Waals surface area contributed by atoms with Gasteiger partial charge in [0.25, 0.3) is 5.91 Å². The van der Waals surface area contributed by atoms with Crippen molar-refractivity contribution in [3.05, 3.63) is 35.7 Å². The van der Waals surface area contributed by atoms with E-state index in [0.717, 1.165) is 11.3 Å². The molecule has 10 heteroatoms. The van der Waals surface area contributed by atoms with Gasteiger partial charge in [0, 0.05) is 12.7 Å². The zero-order chi connectivity index (χ0) is 20.3. The normalized spacial score (nSPS) is 14.0. The Morgan fingerprint density at radius 3 is 2.75 bits per heavy atom. The van der Waals surface area contributed by atoms with Crippen LogP contribution in [0.4, 0.5) is 5.69 Å². The Kier molecular flexibility index (Phi) is 5.62. The van der Waals surface area contributed by atoms with Crippen LogP contribution in [0.5, 0.6) is 11.9 Å². The molecule has 1 unspecified atom stereocenters. The minimum absolute atomic E-state index is 0.130. The van der Waals surface area contributed by atoms with Crippen LogP contribution in [0.15, 0.2) is 30.1 Å². The van der Waals surface area contributed by atoms with E-state index in [9.17, 15) is 9.90 Å². The molecule has 148 valence electrons. The highest BCUT2D eigenvalue weighted by atomic mass is 16.5. The summed E-state index contributed by atoms with van der Waals surface area (Å²) < 4.78 is 10.4. The summed E-state index contributed by atoms with van der Waals surface area (Å²) in [5.41, 5.74) is 14.3. The number of carbonyl (C=O) groups is 1. The predicted molar refractivity (Wildman–Crippen MR) is 101 cm³/mol. The molecule has 28 heavy (non-hydrogen) atoms. The quantitative estimate of drug-likeness (QED) is 0.313. The summed E-state index contributed by atoms with van der Waals surface area (Å²) in [6.07, 6.45) is 0.957. The Morgan fingerprint density at radius 1 is 1.32 bits per heavy atom. The molecule has 1 aromatic heterocycles. The van der Waals surface area contributed by atoms with Crippen LogP contribution < -0.4 is 31.4 Å². The van der Waals surface area contributed by atoms with E-state index < -0.39 is 12.0 Å². The summed E-state index contributed by atoms with van der Waals surface area (Å²) in [4.78, 5) is 20.7. The van der Waals surface area contributed by atoms with Crippen LogP contribution in [-0.2, 0) is 4.79 Å². The van der Waals surface area contributed by atoms with Crippen LogP contribution in [0, 0.1) is 0 Å². The summed E-state index contributed by atoms with van der Waals surface area (Å²) >= 11 is 0. The fourth-order valence-corrected chi connectivity index (χ4v) is 2.85. The number of nitrogens with zero attached hydrogens (tertiary/aromatic N) is 2. The maximum absolute atomic E-state index is 12.4. The van der Waals surface area contributed by atoms with Crippen molar-refractivity contribution in [3.63, 3.8) is 0 Å².